The molecule has 0 saturated carbocycles. The molecule has 122 valence electrons. The minimum atomic E-state index is -0.407. The third kappa shape index (κ3) is 3.16. The van der Waals surface area contributed by atoms with Crippen molar-refractivity contribution in [2.24, 2.45) is 0 Å². The van der Waals surface area contributed by atoms with Crippen molar-refractivity contribution in [3.63, 3.8) is 0 Å². The maximum Gasteiger partial charge on any atom is 0.269 e. The van der Waals surface area contributed by atoms with E-state index in [1.807, 2.05) is 49.1 Å². The van der Waals surface area contributed by atoms with Crippen molar-refractivity contribution in [2.75, 3.05) is 4.90 Å². The van der Waals surface area contributed by atoms with E-state index < -0.39 is 4.92 Å². The number of aryl methyl sites for hydroxylation is 1. The van der Waals surface area contributed by atoms with Crippen LogP contribution in [0.15, 0.2) is 60.3 Å². The van der Waals surface area contributed by atoms with Crippen LogP contribution in [0.25, 0.3) is 5.57 Å². The van der Waals surface area contributed by atoms with Crippen LogP contribution in [0.4, 0.5) is 11.5 Å². The van der Waals surface area contributed by atoms with Gasteiger partial charge in [-0.3, -0.25) is 10.1 Å². The van der Waals surface area contributed by atoms with Gasteiger partial charge >= 0.3 is 0 Å². The van der Waals surface area contributed by atoms with Crippen molar-refractivity contribution in [1.82, 2.24) is 4.98 Å². The Bertz CT molecular complexity index is 844. The molecule has 0 saturated heterocycles. The van der Waals surface area contributed by atoms with Gasteiger partial charge in [0, 0.05) is 23.5 Å². The van der Waals surface area contributed by atoms with E-state index in [1.54, 1.807) is 12.1 Å². The Labute approximate surface area is 145 Å². The zero-order chi connectivity index (χ0) is 17.3. The van der Waals surface area contributed by atoms with Gasteiger partial charge < -0.3 is 4.90 Å². The Morgan fingerprint density at radius 2 is 1.88 bits per heavy atom. The van der Waals surface area contributed by atoms with Crippen molar-refractivity contribution in [3.8, 4) is 0 Å². The third-order valence-corrected chi connectivity index (χ3v) is 4.16. The number of nitro groups is 1. The van der Waals surface area contributed by atoms with E-state index >= 15 is 0 Å². The van der Waals surface area contributed by atoms with Crippen LogP contribution in [0, 0.1) is 17.0 Å². The van der Waals surface area contributed by atoms with Crippen LogP contribution in [-0.2, 0) is 0 Å². The lowest BCUT2D eigenvalue weighted by Gasteiger charge is -2.31. The average Bonchev–Trinajstić information content (AvgIpc) is 2.54. The Morgan fingerprint density at radius 1 is 1.17 bits per heavy atom. The number of anilines is 1. The number of halogens is 1. The molecule has 0 bridgehead atoms. The Hall–Kier alpha value is -2.66. The zero-order valence-electron chi connectivity index (χ0n) is 13.3. The summed E-state index contributed by atoms with van der Waals surface area (Å²) >= 11 is 6.55. The normalized spacial score (nSPS) is 17.3. The summed E-state index contributed by atoms with van der Waals surface area (Å²) in [4.78, 5) is 16.8. The van der Waals surface area contributed by atoms with E-state index in [-0.39, 0.29) is 11.2 Å². The summed E-state index contributed by atoms with van der Waals surface area (Å²) in [6.45, 7) is 3.91. The second-order valence-electron chi connectivity index (χ2n) is 5.59. The van der Waals surface area contributed by atoms with Gasteiger partial charge in [-0.25, -0.2) is 4.98 Å². The first kappa shape index (κ1) is 16.2. The van der Waals surface area contributed by atoms with Crippen LogP contribution in [0.5, 0.6) is 0 Å². The average molecular weight is 342 g/mol. The minimum absolute atomic E-state index is 0.0730. The number of pyridine rings is 1. The molecule has 0 fully saturated rings. The first-order valence-electron chi connectivity index (χ1n) is 7.47. The monoisotopic (exact) mass is 341 g/mol. The summed E-state index contributed by atoms with van der Waals surface area (Å²) in [7, 11) is 0. The number of allylic oxidation sites excluding steroid dienone is 3. The first-order valence-corrected chi connectivity index (χ1v) is 7.91. The van der Waals surface area contributed by atoms with Gasteiger partial charge in [-0.2, -0.15) is 0 Å². The highest BCUT2D eigenvalue weighted by molar-refractivity contribution is 6.24. The Kier molecular flexibility index (Phi) is 4.36. The van der Waals surface area contributed by atoms with E-state index in [1.165, 1.54) is 12.1 Å². The van der Waals surface area contributed by atoms with Gasteiger partial charge in [-0.1, -0.05) is 17.7 Å². The van der Waals surface area contributed by atoms with Crippen LogP contribution in [0.1, 0.15) is 18.2 Å². The van der Waals surface area contributed by atoms with Gasteiger partial charge in [0.2, 0.25) is 0 Å². The fourth-order valence-corrected chi connectivity index (χ4v) is 3.07. The molecule has 0 aliphatic carbocycles. The smallest absolute Gasteiger partial charge is 0.269 e. The number of benzene rings is 1. The van der Waals surface area contributed by atoms with E-state index in [0.717, 1.165) is 28.3 Å². The Morgan fingerprint density at radius 3 is 2.46 bits per heavy atom. The SMILES string of the molecule is CC1=CC(c2ccc([N+](=O)[O-])cc2)=CC(Cl)N1c1cccc(C)n1. The molecule has 1 aliphatic heterocycles. The number of hydrogen-bond acceptors (Lipinski definition) is 4. The lowest BCUT2D eigenvalue weighted by molar-refractivity contribution is -0.384. The second kappa shape index (κ2) is 6.45. The molecule has 5 nitrogen and oxygen atoms in total. The quantitative estimate of drug-likeness (QED) is 0.352. The highest BCUT2D eigenvalue weighted by atomic mass is 35.5. The second-order valence-corrected chi connectivity index (χ2v) is 6.04. The fraction of sp³-hybridized carbons (Fsp3) is 0.167. The minimum Gasteiger partial charge on any atom is -0.310 e. The molecule has 0 radical (unpaired) electrons. The summed E-state index contributed by atoms with van der Waals surface area (Å²) < 4.78 is 0. The van der Waals surface area contributed by atoms with Crippen LogP contribution in [-0.4, -0.2) is 15.4 Å². The maximum atomic E-state index is 10.8. The van der Waals surface area contributed by atoms with Crippen LogP contribution in [0.3, 0.4) is 0 Å². The molecule has 1 unspecified atom stereocenters. The van der Waals surface area contributed by atoms with Crippen molar-refractivity contribution in [1.29, 1.82) is 0 Å². The number of nitrogens with zero attached hydrogens (tertiary/aromatic N) is 3. The Balaban J connectivity index is 1.91. The van der Waals surface area contributed by atoms with Gasteiger partial charge in [0.05, 0.1) is 4.92 Å². The lowest BCUT2D eigenvalue weighted by atomic mass is 10.0. The molecule has 1 aliphatic rings. The summed E-state index contributed by atoms with van der Waals surface area (Å²) in [5.74, 6) is 0.794. The molecule has 1 aromatic heterocycles. The number of aromatic nitrogens is 1. The van der Waals surface area contributed by atoms with E-state index in [4.69, 9.17) is 11.6 Å². The van der Waals surface area contributed by atoms with Crippen LogP contribution < -0.4 is 4.90 Å². The molecule has 0 spiro atoms. The van der Waals surface area contributed by atoms with Crippen molar-refractivity contribution < 1.29 is 4.92 Å². The molecule has 0 amide bonds. The van der Waals surface area contributed by atoms with E-state index in [0.29, 0.717) is 0 Å². The fourth-order valence-electron chi connectivity index (χ4n) is 2.68. The number of nitro benzene ring substituents is 1. The highest BCUT2D eigenvalue weighted by Crippen LogP contribution is 2.32. The highest BCUT2D eigenvalue weighted by Gasteiger charge is 2.22. The molecule has 0 N–H and O–H groups in total. The first-order chi connectivity index (χ1) is 11.5. The summed E-state index contributed by atoms with van der Waals surface area (Å²) in [6, 6.07) is 12.3. The number of non-ortho nitro benzene ring substituents is 1. The van der Waals surface area contributed by atoms with Crippen LogP contribution >= 0.6 is 11.6 Å². The third-order valence-electron chi connectivity index (χ3n) is 3.84. The zero-order valence-corrected chi connectivity index (χ0v) is 14.1. The standard InChI is InChI=1S/C18H16ClN3O2/c1-12-4-3-5-18(20-12)21-13(2)10-15(11-17(21)19)14-6-8-16(9-7-14)22(23)24/h3-11,17H,1-2H3. The molecule has 24 heavy (non-hydrogen) atoms. The predicted octanol–water partition coefficient (Wildman–Crippen LogP) is 4.67. The van der Waals surface area contributed by atoms with Crippen molar-refractivity contribution in [3.05, 3.63) is 81.7 Å². The number of rotatable bonds is 3. The molecular formula is C18H16ClN3O2. The molecule has 3 rings (SSSR count). The van der Waals surface area contributed by atoms with Gasteiger partial charge in [0.25, 0.3) is 5.69 Å². The van der Waals surface area contributed by atoms with E-state index in [9.17, 15) is 10.1 Å². The molecular weight excluding hydrogens is 326 g/mol. The van der Waals surface area contributed by atoms with E-state index in [2.05, 4.69) is 4.98 Å². The van der Waals surface area contributed by atoms with Gasteiger partial charge in [0.15, 0.2) is 0 Å². The molecule has 1 aromatic carbocycles. The van der Waals surface area contributed by atoms with Crippen LogP contribution in [0.2, 0.25) is 0 Å². The lowest BCUT2D eigenvalue weighted by Crippen LogP contribution is -2.31. The van der Waals surface area contributed by atoms with Crippen molar-refractivity contribution in [2.45, 2.75) is 19.3 Å². The molecule has 2 heterocycles. The largest absolute Gasteiger partial charge is 0.310 e. The summed E-state index contributed by atoms with van der Waals surface area (Å²) in [5.41, 5.74) is 3.41. The number of hydrogen-bond donors (Lipinski definition) is 0. The van der Waals surface area contributed by atoms with Gasteiger partial charge in [0.1, 0.15) is 11.3 Å². The maximum absolute atomic E-state index is 10.8. The molecule has 2 aromatic rings. The summed E-state index contributed by atoms with van der Waals surface area (Å²) in [5, 5.41) is 10.8. The molecule has 1 atom stereocenters. The predicted molar refractivity (Wildman–Crippen MR) is 95.9 cm³/mol. The van der Waals surface area contributed by atoms with Gasteiger partial charge in [-0.15, -0.1) is 0 Å². The molecule has 6 heteroatoms. The number of alkyl halides is 1. The topological polar surface area (TPSA) is 59.3 Å². The van der Waals surface area contributed by atoms with Gasteiger partial charge in [-0.05, 0) is 61.4 Å². The summed E-state index contributed by atoms with van der Waals surface area (Å²) in [6.07, 6.45) is 3.92. The van der Waals surface area contributed by atoms with Crippen molar-refractivity contribution >= 4 is 28.7 Å².